The first-order valence-corrected chi connectivity index (χ1v) is 17.6. The molecular formula is C46H43FIrN4O-2. The van der Waals surface area contributed by atoms with Crippen molar-refractivity contribution in [2.75, 3.05) is 0 Å². The van der Waals surface area contributed by atoms with Gasteiger partial charge in [-0.3, -0.25) is 14.4 Å². The number of fused-ring (bicyclic) bond motifs is 4. The summed E-state index contributed by atoms with van der Waals surface area (Å²) in [6.07, 6.45) is 1.63. The molecule has 0 aliphatic carbocycles. The Morgan fingerprint density at radius 2 is 1.53 bits per heavy atom. The monoisotopic (exact) mass is 882 g/mol. The Balaban J connectivity index is 0.000000236. The molecule has 4 aromatic heterocycles. The molecule has 0 amide bonds. The van der Waals surface area contributed by atoms with Crippen molar-refractivity contribution in [3.05, 3.63) is 142 Å². The fourth-order valence-electron chi connectivity index (χ4n) is 6.87. The zero-order chi connectivity index (χ0) is 39.3. The molecule has 0 spiro atoms. The Bertz CT molecular complexity index is 2690. The van der Waals surface area contributed by atoms with Crippen molar-refractivity contribution in [1.82, 2.24) is 19.5 Å². The van der Waals surface area contributed by atoms with Crippen LogP contribution in [-0.2, 0) is 20.1 Å². The number of aryl methyl sites for hydroxylation is 5. The first-order valence-electron chi connectivity index (χ1n) is 19.1. The number of rotatable bonds is 5. The molecule has 1 radical (unpaired) electrons. The number of hydrogen-bond donors (Lipinski definition) is 0. The standard InChI is InChI=1S/C33H32N3O.C13H11FN.Ir/c1-18(2)23-13-10-14-24(19(3)4)31(23)36-30-20(5)21(6)34-22(7)29(30)35-33(36)27-16-11-15-26-25-12-8-9-17-28(25)37-32(26)27;1-9-3-5-11(12(14)7-9)13-6-4-10(2)8-15-13;/h8-15,17-19H,1-7H3;3-4,6-8H,1-2H3;/q2*-1;/i;1D3;. The van der Waals surface area contributed by atoms with Crippen molar-refractivity contribution < 1.29 is 33.0 Å². The first-order chi connectivity index (χ1) is 26.1. The molecule has 0 aliphatic rings. The van der Waals surface area contributed by atoms with Gasteiger partial charge in [-0.25, -0.2) is 0 Å². The van der Waals surface area contributed by atoms with Gasteiger partial charge >= 0.3 is 0 Å². The van der Waals surface area contributed by atoms with Gasteiger partial charge in [0.15, 0.2) is 0 Å². The van der Waals surface area contributed by atoms with Crippen LogP contribution in [0.1, 0.15) is 82.8 Å². The zero-order valence-corrected chi connectivity index (χ0v) is 33.5. The number of para-hydroxylation sites is 2. The van der Waals surface area contributed by atoms with Gasteiger partial charge in [0.25, 0.3) is 0 Å². The molecule has 0 unspecified atom stereocenters. The Labute approximate surface area is 328 Å². The predicted octanol–water partition coefficient (Wildman–Crippen LogP) is 12.3. The summed E-state index contributed by atoms with van der Waals surface area (Å²) in [5.41, 5.74) is 13.0. The average molecular weight is 882 g/mol. The molecule has 0 bridgehead atoms. The number of imidazole rings is 1. The van der Waals surface area contributed by atoms with Gasteiger partial charge in [-0.15, -0.1) is 42.0 Å². The maximum atomic E-state index is 13.8. The molecule has 7 heteroatoms. The minimum absolute atomic E-state index is 0. The van der Waals surface area contributed by atoms with Crippen LogP contribution in [0.5, 0.6) is 0 Å². The molecular weight excluding hydrogens is 836 g/mol. The molecule has 0 atom stereocenters. The number of pyridine rings is 2. The Hall–Kier alpha value is -4.97. The molecule has 0 saturated heterocycles. The van der Waals surface area contributed by atoms with Crippen LogP contribution < -0.4 is 0 Å². The van der Waals surface area contributed by atoms with Crippen LogP contribution >= 0.6 is 0 Å². The predicted molar refractivity (Wildman–Crippen MR) is 211 cm³/mol. The van der Waals surface area contributed by atoms with Crippen LogP contribution in [0, 0.1) is 52.5 Å². The fourth-order valence-corrected chi connectivity index (χ4v) is 6.87. The third-order valence-corrected chi connectivity index (χ3v) is 9.64. The van der Waals surface area contributed by atoms with E-state index in [1.165, 1.54) is 22.9 Å². The van der Waals surface area contributed by atoms with E-state index in [9.17, 15) is 4.39 Å². The number of halogens is 1. The Morgan fingerprint density at radius 3 is 2.19 bits per heavy atom. The molecule has 5 nitrogen and oxygen atoms in total. The van der Waals surface area contributed by atoms with E-state index in [4.69, 9.17) is 18.5 Å². The summed E-state index contributed by atoms with van der Waals surface area (Å²) in [5.74, 6) is 0.900. The Morgan fingerprint density at radius 1 is 0.792 bits per heavy atom. The van der Waals surface area contributed by atoms with Crippen LogP contribution in [0.2, 0.25) is 0 Å². The van der Waals surface area contributed by atoms with Gasteiger partial charge in [-0.2, -0.15) is 0 Å². The van der Waals surface area contributed by atoms with Gasteiger partial charge in [0.05, 0.1) is 28.1 Å². The van der Waals surface area contributed by atoms with Gasteiger partial charge in [0.2, 0.25) is 0 Å². The van der Waals surface area contributed by atoms with E-state index in [0.717, 1.165) is 72.9 Å². The van der Waals surface area contributed by atoms with E-state index in [-0.39, 0.29) is 31.2 Å². The summed E-state index contributed by atoms with van der Waals surface area (Å²) in [4.78, 5) is 14.2. The molecule has 4 heterocycles. The number of hydrogen-bond acceptors (Lipinski definition) is 4. The summed E-state index contributed by atoms with van der Waals surface area (Å²) in [5, 5.41) is 2.18. The maximum Gasteiger partial charge on any atom is 0.120 e. The van der Waals surface area contributed by atoms with E-state index in [0.29, 0.717) is 17.5 Å². The van der Waals surface area contributed by atoms with Crippen molar-refractivity contribution in [3.63, 3.8) is 0 Å². The minimum atomic E-state index is -2.32. The van der Waals surface area contributed by atoms with Gasteiger partial charge in [-0.05, 0) is 73.5 Å². The molecule has 0 fully saturated rings. The number of benzene rings is 4. The quantitative estimate of drug-likeness (QED) is 0.162. The molecule has 53 heavy (non-hydrogen) atoms. The first kappa shape index (κ1) is 33.8. The molecule has 0 N–H and O–H groups in total. The maximum absolute atomic E-state index is 13.8. The van der Waals surface area contributed by atoms with Crippen molar-refractivity contribution in [1.29, 1.82) is 0 Å². The summed E-state index contributed by atoms with van der Waals surface area (Å²) in [6, 6.07) is 30.9. The molecule has 8 rings (SSSR count). The zero-order valence-electron chi connectivity index (χ0n) is 34.1. The van der Waals surface area contributed by atoms with Gasteiger partial charge in [0.1, 0.15) is 5.58 Å². The molecule has 0 aliphatic heterocycles. The second kappa shape index (κ2) is 15.2. The fraction of sp³-hybridized carbons (Fsp3) is 0.239. The summed E-state index contributed by atoms with van der Waals surface area (Å²) < 4.78 is 44.3. The van der Waals surface area contributed by atoms with E-state index in [1.807, 2.05) is 31.2 Å². The topological polar surface area (TPSA) is 56.7 Å². The van der Waals surface area contributed by atoms with E-state index >= 15 is 0 Å². The van der Waals surface area contributed by atoms with Crippen molar-refractivity contribution in [3.8, 4) is 28.3 Å². The minimum Gasteiger partial charge on any atom is -0.501 e. The largest absolute Gasteiger partial charge is 0.501 e. The van der Waals surface area contributed by atoms with Gasteiger partial charge < -0.3 is 14.0 Å². The average Bonchev–Trinajstić information content (AvgIpc) is 3.74. The third kappa shape index (κ3) is 6.96. The number of furan rings is 1. The Kier molecular flexibility index (Phi) is 9.69. The second-order valence-corrected chi connectivity index (χ2v) is 14.0. The van der Waals surface area contributed by atoms with E-state index < -0.39 is 12.7 Å². The summed E-state index contributed by atoms with van der Waals surface area (Å²) in [6.45, 7) is 14.9. The summed E-state index contributed by atoms with van der Waals surface area (Å²) >= 11 is 0. The third-order valence-electron chi connectivity index (χ3n) is 9.64. The van der Waals surface area contributed by atoms with Crippen LogP contribution in [0.15, 0.2) is 89.5 Å². The van der Waals surface area contributed by atoms with Crippen molar-refractivity contribution >= 4 is 33.0 Å². The molecule has 0 saturated carbocycles. The second-order valence-electron chi connectivity index (χ2n) is 14.0. The summed E-state index contributed by atoms with van der Waals surface area (Å²) in [7, 11) is 0. The number of aromatic nitrogens is 4. The smallest absolute Gasteiger partial charge is 0.120 e. The molecule has 4 aromatic carbocycles. The van der Waals surface area contributed by atoms with Crippen molar-refractivity contribution in [2.24, 2.45) is 0 Å². The molecule has 8 aromatic rings. The van der Waals surface area contributed by atoms with Crippen molar-refractivity contribution in [2.45, 2.75) is 74.1 Å². The number of nitrogens with zero attached hydrogens (tertiary/aromatic N) is 4. The van der Waals surface area contributed by atoms with Gasteiger partial charge in [0, 0.05) is 53.0 Å². The SMILES string of the molecule is Cc1nc(C)c2nc(-c3[c-]ccc4c3oc3ccccc34)n(-c3c(C(C)C)cccc3C(C)C)c2c1C.[2H]C([2H])([2H])c1c[c-]c(-c2ccc(C)cn2)c(F)c1.[Ir]. The van der Waals surface area contributed by atoms with Crippen LogP contribution in [0.25, 0.3) is 61.3 Å². The van der Waals surface area contributed by atoms with Gasteiger partial charge in [-0.1, -0.05) is 99.6 Å². The van der Waals surface area contributed by atoms with E-state index in [2.05, 4.69) is 107 Å². The van der Waals surface area contributed by atoms with Crippen LogP contribution in [0.4, 0.5) is 4.39 Å². The van der Waals surface area contributed by atoms with Crippen LogP contribution in [0.3, 0.4) is 0 Å². The molecule has 271 valence electrons. The normalized spacial score (nSPS) is 12.5. The van der Waals surface area contributed by atoms with E-state index in [1.54, 1.807) is 12.3 Å². The van der Waals surface area contributed by atoms with Crippen LogP contribution in [-0.4, -0.2) is 19.5 Å².